The number of nitrogens with one attached hydrogen (secondary N) is 1. The molecule has 0 radical (unpaired) electrons. The van der Waals surface area contributed by atoms with E-state index in [2.05, 4.69) is 15.5 Å². The SMILES string of the molecule is Cc1cnn(C)c1NC(=O)Cn1ncc(N(C)Cc2ccccc2)cc1=O. The Morgan fingerprint density at radius 2 is 1.93 bits per heavy atom. The van der Waals surface area contributed by atoms with Gasteiger partial charge in [-0.2, -0.15) is 10.2 Å². The van der Waals surface area contributed by atoms with Crippen molar-refractivity contribution in [2.75, 3.05) is 17.3 Å². The highest BCUT2D eigenvalue weighted by molar-refractivity contribution is 5.90. The molecular weight excluding hydrogens is 344 g/mol. The summed E-state index contributed by atoms with van der Waals surface area (Å²) < 4.78 is 2.71. The van der Waals surface area contributed by atoms with Crippen molar-refractivity contribution in [3.8, 4) is 0 Å². The maximum atomic E-state index is 12.3. The molecule has 2 aromatic heterocycles. The van der Waals surface area contributed by atoms with E-state index >= 15 is 0 Å². The van der Waals surface area contributed by atoms with Crippen LogP contribution in [0.15, 0.2) is 53.6 Å². The van der Waals surface area contributed by atoms with Gasteiger partial charge in [0.1, 0.15) is 12.4 Å². The summed E-state index contributed by atoms with van der Waals surface area (Å²) in [7, 11) is 3.64. The van der Waals surface area contributed by atoms with Gasteiger partial charge in [-0.25, -0.2) is 4.68 Å². The van der Waals surface area contributed by atoms with E-state index in [9.17, 15) is 9.59 Å². The van der Waals surface area contributed by atoms with E-state index in [1.54, 1.807) is 24.1 Å². The molecule has 140 valence electrons. The number of hydrogen-bond acceptors (Lipinski definition) is 5. The molecule has 1 amide bonds. The fourth-order valence-electron chi connectivity index (χ4n) is 2.73. The Labute approximate surface area is 157 Å². The van der Waals surface area contributed by atoms with Crippen LogP contribution in [-0.4, -0.2) is 32.5 Å². The number of rotatable bonds is 6. The minimum absolute atomic E-state index is 0.161. The van der Waals surface area contributed by atoms with E-state index in [0.29, 0.717) is 18.1 Å². The summed E-state index contributed by atoms with van der Waals surface area (Å²) in [5.41, 5.74) is 2.35. The largest absolute Gasteiger partial charge is 0.369 e. The summed E-state index contributed by atoms with van der Waals surface area (Å²) in [6.45, 7) is 2.35. The Morgan fingerprint density at radius 3 is 2.56 bits per heavy atom. The molecule has 8 heteroatoms. The summed E-state index contributed by atoms with van der Waals surface area (Å²) in [5, 5.41) is 11.0. The number of anilines is 2. The van der Waals surface area contributed by atoms with Gasteiger partial charge < -0.3 is 10.2 Å². The van der Waals surface area contributed by atoms with Crippen molar-refractivity contribution in [3.05, 3.63) is 70.3 Å². The van der Waals surface area contributed by atoms with Crippen LogP contribution in [0, 0.1) is 6.92 Å². The molecule has 0 atom stereocenters. The maximum Gasteiger partial charge on any atom is 0.269 e. The van der Waals surface area contributed by atoms with Crippen molar-refractivity contribution in [2.24, 2.45) is 7.05 Å². The summed E-state index contributed by atoms with van der Waals surface area (Å²) in [5.74, 6) is 0.272. The zero-order valence-electron chi connectivity index (χ0n) is 15.6. The van der Waals surface area contributed by atoms with Crippen molar-refractivity contribution in [1.82, 2.24) is 19.6 Å². The predicted octanol–water partition coefficient (Wildman–Crippen LogP) is 1.56. The van der Waals surface area contributed by atoms with Crippen molar-refractivity contribution >= 4 is 17.4 Å². The van der Waals surface area contributed by atoms with Gasteiger partial charge in [-0.05, 0) is 12.5 Å². The van der Waals surface area contributed by atoms with Crippen LogP contribution in [0.25, 0.3) is 0 Å². The van der Waals surface area contributed by atoms with Crippen LogP contribution in [0.3, 0.4) is 0 Å². The topological polar surface area (TPSA) is 85.1 Å². The average molecular weight is 366 g/mol. The molecule has 0 aliphatic rings. The molecule has 2 heterocycles. The predicted molar refractivity (Wildman–Crippen MR) is 104 cm³/mol. The Kier molecular flexibility index (Phi) is 5.35. The van der Waals surface area contributed by atoms with E-state index < -0.39 is 0 Å². The summed E-state index contributed by atoms with van der Waals surface area (Å²) in [6.07, 6.45) is 3.25. The minimum Gasteiger partial charge on any atom is -0.369 e. The molecular formula is C19H22N6O2. The molecule has 0 bridgehead atoms. The van der Waals surface area contributed by atoms with Crippen molar-refractivity contribution in [1.29, 1.82) is 0 Å². The van der Waals surface area contributed by atoms with Crippen molar-refractivity contribution in [3.63, 3.8) is 0 Å². The van der Waals surface area contributed by atoms with Gasteiger partial charge in [0.05, 0.1) is 18.1 Å². The van der Waals surface area contributed by atoms with E-state index in [-0.39, 0.29) is 18.0 Å². The lowest BCUT2D eigenvalue weighted by atomic mass is 10.2. The highest BCUT2D eigenvalue weighted by Crippen LogP contribution is 2.13. The number of amides is 1. The van der Waals surface area contributed by atoms with Crippen molar-refractivity contribution < 1.29 is 4.79 Å². The third kappa shape index (κ3) is 4.41. The Morgan fingerprint density at radius 1 is 1.19 bits per heavy atom. The third-order valence-corrected chi connectivity index (χ3v) is 4.23. The Bertz CT molecular complexity index is 973. The number of aromatic nitrogens is 4. The summed E-state index contributed by atoms with van der Waals surface area (Å²) >= 11 is 0. The molecule has 0 aliphatic carbocycles. The van der Waals surface area contributed by atoms with Gasteiger partial charge in [0, 0.05) is 32.3 Å². The van der Waals surface area contributed by atoms with Gasteiger partial charge in [0.25, 0.3) is 5.56 Å². The molecule has 27 heavy (non-hydrogen) atoms. The number of hydrogen-bond donors (Lipinski definition) is 1. The van der Waals surface area contributed by atoms with Crippen LogP contribution in [0.2, 0.25) is 0 Å². The number of benzene rings is 1. The first-order valence-corrected chi connectivity index (χ1v) is 8.54. The average Bonchev–Trinajstić information content (AvgIpc) is 2.96. The van der Waals surface area contributed by atoms with Crippen molar-refractivity contribution in [2.45, 2.75) is 20.0 Å². The zero-order chi connectivity index (χ0) is 19.4. The van der Waals surface area contributed by atoms with Crippen LogP contribution < -0.4 is 15.8 Å². The number of nitrogens with zero attached hydrogens (tertiary/aromatic N) is 5. The van der Waals surface area contributed by atoms with E-state index in [4.69, 9.17) is 0 Å². The first-order chi connectivity index (χ1) is 12.9. The van der Waals surface area contributed by atoms with Gasteiger partial charge in [0.15, 0.2) is 0 Å². The second-order valence-electron chi connectivity index (χ2n) is 6.40. The highest BCUT2D eigenvalue weighted by atomic mass is 16.2. The van der Waals surface area contributed by atoms with Crippen LogP contribution >= 0.6 is 0 Å². The molecule has 3 rings (SSSR count). The molecule has 0 saturated carbocycles. The molecule has 1 aromatic carbocycles. The molecule has 0 unspecified atom stereocenters. The molecule has 0 saturated heterocycles. The normalized spacial score (nSPS) is 10.6. The fraction of sp³-hybridized carbons (Fsp3) is 0.263. The smallest absolute Gasteiger partial charge is 0.269 e. The first kappa shape index (κ1) is 18.4. The molecule has 0 spiro atoms. The monoisotopic (exact) mass is 366 g/mol. The van der Waals surface area contributed by atoms with Crippen LogP contribution in [0.5, 0.6) is 0 Å². The second kappa shape index (κ2) is 7.86. The number of aryl methyl sites for hydroxylation is 2. The molecule has 0 fully saturated rings. The standard InChI is InChI=1S/C19H22N6O2/c1-14-10-20-24(3)19(14)22-17(26)13-25-18(27)9-16(11-21-25)23(2)12-15-7-5-4-6-8-15/h4-11H,12-13H2,1-3H3,(H,22,26). The van der Waals surface area contributed by atoms with Gasteiger partial charge in [-0.15, -0.1) is 0 Å². The van der Waals surface area contributed by atoms with Gasteiger partial charge >= 0.3 is 0 Å². The fourth-order valence-corrected chi connectivity index (χ4v) is 2.73. The zero-order valence-corrected chi connectivity index (χ0v) is 15.6. The van der Waals surface area contributed by atoms with E-state index in [1.807, 2.05) is 49.2 Å². The lowest BCUT2D eigenvalue weighted by Gasteiger charge is -2.19. The molecule has 1 N–H and O–H groups in total. The maximum absolute atomic E-state index is 12.3. The summed E-state index contributed by atoms with van der Waals surface area (Å²) in [4.78, 5) is 26.5. The van der Waals surface area contributed by atoms with Crippen LogP contribution in [-0.2, 0) is 24.9 Å². The third-order valence-electron chi connectivity index (χ3n) is 4.23. The molecule has 8 nitrogen and oxygen atoms in total. The second-order valence-corrected chi connectivity index (χ2v) is 6.40. The minimum atomic E-state index is -0.332. The molecule has 3 aromatic rings. The highest BCUT2D eigenvalue weighted by Gasteiger charge is 2.12. The number of carbonyl (C=O) groups is 1. The van der Waals surface area contributed by atoms with E-state index in [1.165, 1.54) is 6.07 Å². The first-order valence-electron chi connectivity index (χ1n) is 8.54. The van der Waals surface area contributed by atoms with Crippen LogP contribution in [0.4, 0.5) is 11.5 Å². The lowest BCUT2D eigenvalue weighted by Crippen LogP contribution is -2.31. The summed E-state index contributed by atoms with van der Waals surface area (Å²) in [6, 6.07) is 11.4. The van der Waals surface area contributed by atoms with E-state index in [0.717, 1.165) is 15.8 Å². The van der Waals surface area contributed by atoms with Gasteiger partial charge in [0.2, 0.25) is 5.91 Å². The quantitative estimate of drug-likeness (QED) is 0.716. The Hall–Kier alpha value is -3.42. The Balaban J connectivity index is 1.67. The van der Waals surface area contributed by atoms with Gasteiger partial charge in [-0.3, -0.25) is 14.3 Å². The van der Waals surface area contributed by atoms with Gasteiger partial charge in [-0.1, -0.05) is 30.3 Å². The van der Waals surface area contributed by atoms with Crippen LogP contribution in [0.1, 0.15) is 11.1 Å². The molecule has 0 aliphatic heterocycles. The number of carbonyl (C=O) groups excluding carboxylic acids is 1. The lowest BCUT2D eigenvalue weighted by molar-refractivity contribution is -0.117.